The first-order valence-electron chi connectivity index (χ1n) is 14.4. The standard InChI is InChI=1S/C34H45NO3Si/c1-24(2)39(25(3)4,26(5)6)37-22-14-19-29-23-30(20-21-31(29)36-7)34-35-32(27-15-10-8-11-16-27)33(38-34)28-17-12-9-13-18-28/h8-13,15-18,20-21,23-26,32-33H,14,19,22H2,1-7H3/t32-,33-/m1/s1. The van der Waals surface area contributed by atoms with Gasteiger partial charge in [-0.25, -0.2) is 4.99 Å². The number of methoxy groups -OCH3 is 1. The van der Waals surface area contributed by atoms with Gasteiger partial charge in [-0.15, -0.1) is 0 Å². The number of hydrogen-bond acceptors (Lipinski definition) is 4. The minimum atomic E-state index is -1.87. The highest BCUT2D eigenvalue weighted by molar-refractivity contribution is 6.77. The van der Waals surface area contributed by atoms with Crippen LogP contribution in [-0.4, -0.2) is 27.9 Å². The summed E-state index contributed by atoms with van der Waals surface area (Å²) < 4.78 is 19.1. The van der Waals surface area contributed by atoms with Gasteiger partial charge in [0.2, 0.25) is 5.90 Å². The van der Waals surface area contributed by atoms with Crippen LogP contribution >= 0.6 is 0 Å². The van der Waals surface area contributed by atoms with Crippen LogP contribution in [0.5, 0.6) is 5.75 Å². The molecule has 0 unspecified atom stereocenters. The van der Waals surface area contributed by atoms with Crippen molar-refractivity contribution >= 4 is 14.2 Å². The Morgan fingerprint density at radius 2 is 1.38 bits per heavy atom. The molecule has 0 aliphatic carbocycles. The van der Waals surface area contributed by atoms with E-state index in [-0.39, 0.29) is 12.1 Å². The number of nitrogens with zero attached hydrogens (tertiary/aromatic N) is 1. The van der Waals surface area contributed by atoms with Crippen LogP contribution < -0.4 is 4.74 Å². The third kappa shape index (κ3) is 6.31. The summed E-state index contributed by atoms with van der Waals surface area (Å²) in [6.07, 6.45) is 1.67. The average molecular weight is 544 g/mol. The van der Waals surface area contributed by atoms with Gasteiger partial charge >= 0.3 is 0 Å². The largest absolute Gasteiger partial charge is 0.496 e. The molecule has 5 heteroatoms. The summed E-state index contributed by atoms with van der Waals surface area (Å²) in [7, 11) is -0.130. The monoisotopic (exact) mass is 543 g/mol. The van der Waals surface area contributed by atoms with E-state index in [4.69, 9.17) is 18.9 Å². The van der Waals surface area contributed by atoms with Crippen molar-refractivity contribution in [3.63, 3.8) is 0 Å². The molecule has 4 rings (SSSR count). The molecular weight excluding hydrogens is 498 g/mol. The Balaban J connectivity index is 1.54. The van der Waals surface area contributed by atoms with Crippen molar-refractivity contribution in [2.24, 2.45) is 4.99 Å². The topological polar surface area (TPSA) is 40.0 Å². The highest BCUT2D eigenvalue weighted by Gasteiger charge is 2.44. The second-order valence-corrected chi connectivity index (χ2v) is 17.0. The lowest BCUT2D eigenvalue weighted by Gasteiger charge is -2.42. The Bertz CT molecular complexity index is 1200. The summed E-state index contributed by atoms with van der Waals surface area (Å²) in [6, 6.07) is 27.0. The third-order valence-corrected chi connectivity index (χ3v) is 14.3. The third-order valence-electron chi connectivity index (χ3n) is 8.23. The molecule has 3 aromatic rings. The van der Waals surface area contributed by atoms with E-state index < -0.39 is 8.32 Å². The SMILES string of the molecule is COc1ccc(C2=N[C@H](c3ccccc3)[C@@H](c3ccccc3)O2)cc1CCCO[Si](C(C)C)(C(C)C)C(C)C. The van der Waals surface area contributed by atoms with Crippen LogP contribution in [0.15, 0.2) is 83.9 Å². The molecule has 0 N–H and O–H groups in total. The van der Waals surface area contributed by atoms with E-state index in [1.807, 2.05) is 18.2 Å². The zero-order valence-electron chi connectivity index (χ0n) is 24.7. The minimum Gasteiger partial charge on any atom is -0.496 e. The molecular formula is C34H45NO3Si. The van der Waals surface area contributed by atoms with E-state index in [9.17, 15) is 0 Å². The highest BCUT2D eigenvalue weighted by Crippen LogP contribution is 2.43. The van der Waals surface area contributed by atoms with Gasteiger partial charge in [-0.05, 0) is 64.4 Å². The maximum atomic E-state index is 6.82. The lowest BCUT2D eigenvalue weighted by Crippen LogP contribution is -2.48. The Morgan fingerprint density at radius 3 is 1.95 bits per heavy atom. The van der Waals surface area contributed by atoms with Crippen LogP contribution in [0.4, 0.5) is 0 Å². The molecule has 3 aromatic carbocycles. The first-order chi connectivity index (χ1) is 18.8. The summed E-state index contributed by atoms with van der Waals surface area (Å²) >= 11 is 0. The fraction of sp³-hybridized carbons (Fsp3) is 0.441. The average Bonchev–Trinajstić information content (AvgIpc) is 3.39. The maximum absolute atomic E-state index is 6.82. The molecule has 208 valence electrons. The number of hydrogen-bond donors (Lipinski definition) is 0. The minimum absolute atomic E-state index is 0.0938. The predicted octanol–water partition coefficient (Wildman–Crippen LogP) is 9.08. The molecule has 0 saturated heterocycles. The van der Waals surface area contributed by atoms with Gasteiger partial charge in [0, 0.05) is 12.2 Å². The lowest BCUT2D eigenvalue weighted by atomic mass is 9.97. The molecule has 0 spiro atoms. The van der Waals surface area contributed by atoms with Gasteiger partial charge in [0.05, 0.1) is 7.11 Å². The predicted molar refractivity (Wildman–Crippen MR) is 164 cm³/mol. The Hall–Kier alpha value is -2.89. The molecule has 4 nitrogen and oxygen atoms in total. The zero-order valence-corrected chi connectivity index (χ0v) is 25.7. The first kappa shape index (κ1) is 29.1. The number of benzene rings is 3. The second kappa shape index (κ2) is 13.0. The second-order valence-electron chi connectivity index (χ2n) is 11.5. The normalized spacial score (nSPS) is 17.5. The van der Waals surface area contributed by atoms with Crippen LogP contribution in [-0.2, 0) is 15.6 Å². The van der Waals surface area contributed by atoms with E-state index >= 15 is 0 Å². The van der Waals surface area contributed by atoms with Gasteiger partial charge in [-0.1, -0.05) is 102 Å². The number of rotatable bonds is 12. The van der Waals surface area contributed by atoms with E-state index in [0.29, 0.717) is 22.5 Å². The number of ether oxygens (including phenoxy) is 2. The molecule has 2 atom stereocenters. The summed E-state index contributed by atoms with van der Waals surface area (Å²) in [4.78, 5) is 5.10. The van der Waals surface area contributed by atoms with Crippen molar-refractivity contribution in [2.75, 3.05) is 13.7 Å². The Kier molecular flexibility index (Phi) is 9.68. The van der Waals surface area contributed by atoms with Gasteiger partial charge in [-0.2, -0.15) is 0 Å². The quantitative estimate of drug-likeness (QED) is 0.169. The van der Waals surface area contributed by atoms with Crippen molar-refractivity contribution in [3.8, 4) is 5.75 Å². The fourth-order valence-electron chi connectivity index (χ4n) is 6.46. The van der Waals surface area contributed by atoms with Crippen LogP contribution in [0.1, 0.15) is 82.4 Å². The maximum Gasteiger partial charge on any atom is 0.217 e. The zero-order chi connectivity index (χ0) is 28.0. The lowest BCUT2D eigenvalue weighted by molar-refractivity contribution is 0.197. The number of aliphatic imine (C=N–C) groups is 1. The molecule has 1 aliphatic rings. The van der Waals surface area contributed by atoms with Gasteiger partial charge in [0.15, 0.2) is 14.4 Å². The van der Waals surface area contributed by atoms with Gasteiger partial charge in [0.25, 0.3) is 0 Å². The Morgan fingerprint density at radius 1 is 0.795 bits per heavy atom. The van der Waals surface area contributed by atoms with E-state index in [1.165, 1.54) is 0 Å². The van der Waals surface area contributed by atoms with Crippen molar-refractivity contribution in [2.45, 2.75) is 83.2 Å². The van der Waals surface area contributed by atoms with Gasteiger partial charge in [0.1, 0.15) is 11.8 Å². The molecule has 0 fully saturated rings. The van der Waals surface area contributed by atoms with E-state index in [0.717, 1.165) is 47.5 Å². The molecule has 0 amide bonds. The van der Waals surface area contributed by atoms with Crippen molar-refractivity contribution in [1.29, 1.82) is 0 Å². The summed E-state index contributed by atoms with van der Waals surface area (Å²) in [5.74, 6) is 1.58. The smallest absolute Gasteiger partial charge is 0.217 e. The molecule has 0 saturated carbocycles. The first-order valence-corrected chi connectivity index (χ1v) is 16.6. The summed E-state index contributed by atoms with van der Waals surface area (Å²) in [5.41, 5.74) is 6.19. The molecule has 0 aromatic heterocycles. The molecule has 0 radical (unpaired) electrons. The summed E-state index contributed by atoms with van der Waals surface area (Å²) in [5, 5.41) is 0. The van der Waals surface area contributed by atoms with Crippen molar-refractivity contribution in [3.05, 3.63) is 101 Å². The van der Waals surface area contributed by atoms with Gasteiger partial charge < -0.3 is 13.9 Å². The highest BCUT2D eigenvalue weighted by atomic mass is 28.4. The molecule has 1 aliphatic heterocycles. The number of aryl methyl sites for hydroxylation is 1. The van der Waals surface area contributed by atoms with Crippen LogP contribution in [0.2, 0.25) is 16.6 Å². The molecule has 1 heterocycles. The van der Waals surface area contributed by atoms with Crippen molar-refractivity contribution < 1.29 is 13.9 Å². The van der Waals surface area contributed by atoms with E-state index in [2.05, 4.69) is 102 Å². The van der Waals surface area contributed by atoms with Crippen molar-refractivity contribution in [1.82, 2.24) is 0 Å². The van der Waals surface area contributed by atoms with Crippen LogP contribution in [0, 0.1) is 0 Å². The fourth-order valence-corrected chi connectivity index (χ4v) is 12.0. The van der Waals surface area contributed by atoms with Crippen LogP contribution in [0.3, 0.4) is 0 Å². The van der Waals surface area contributed by atoms with Gasteiger partial charge in [-0.3, -0.25) is 0 Å². The van der Waals surface area contributed by atoms with Crippen LogP contribution in [0.25, 0.3) is 0 Å². The Labute approximate surface area is 236 Å². The molecule has 39 heavy (non-hydrogen) atoms. The molecule has 0 bridgehead atoms. The van der Waals surface area contributed by atoms with E-state index in [1.54, 1.807) is 7.11 Å². The summed E-state index contributed by atoms with van der Waals surface area (Å²) in [6.45, 7) is 14.8.